The summed E-state index contributed by atoms with van der Waals surface area (Å²) in [6, 6.07) is 0.351. The zero-order chi connectivity index (χ0) is 9.56. The zero-order valence-corrected chi connectivity index (χ0v) is 8.84. The van der Waals surface area contributed by atoms with Crippen molar-refractivity contribution in [1.29, 1.82) is 0 Å². The van der Waals surface area contributed by atoms with Crippen molar-refractivity contribution in [2.24, 2.45) is 17.6 Å². The SMILES string of the molecule is COCC(C)CCC(N)C(C)C. The quantitative estimate of drug-likeness (QED) is 0.667. The molecule has 0 aliphatic heterocycles. The van der Waals surface area contributed by atoms with Crippen LogP contribution in [0.2, 0.25) is 0 Å². The molecule has 2 nitrogen and oxygen atoms in total. The lowest BCUT2D eigenvalue weighted by atomic mass is 9.96. The average molecular weight is 173 g/mol. The minimum Gasteiger partial charge on any atom is -0.384 e. The van der Waals surface area contributed by atoms with Crippen LogP contribution in [0.1, 0.15) is 33.6 Å². The van der Waals surface area contributed by atoms with Gasteiger partial charge in [-0.3, -0.25) is 0 Å². The van der Waals surface area contributed by atoms with E-state index in [1.807, 2.05) is 0 Å². The summed E-state index contributed by atoms with van der Waals surface area (Å²) < 4.78 is 5.06. The van der Waals surface area contributed by atoms with Crippen LogP contribution in [-0.4, -0.2) is 19.8 Å². The Bertz CT molecular complexity index is 104. The second kappa shape index (κ2) is 6.44. The van der Waals surface area contributed by atoms with E-state index in [1.54, 1.807) is 7.11 Å². The Kier molecular flexibility index (Phi) is 6.39. The zero-order valence-electron chi connectivity index (χ0n) is 8.84. The second-order valence-electron chi connectivity index (χ2n) is 4.05. The highest BCUT2D eigenvalue weighted by molar-refractivity contribution is 4.66. The fourth-order valence-electron chi connectivity index (χ4n) is 1.18. The highest BCUT2D eigenvalue weighted by atomic mass is 16.5. The molecule has 0 aromatic carbocycles. The van der Waals surface area contributed by atoms with E-state index in [0.717, 1.165) is 13.0 Å². The van der Waals surface area contributed by atoms with E-state index in [4.69, 9.17) is 10.5 Å². The van der Waals surface area contributed by atoms with Crippen molar-refractivity contribution in [2.45, 2.75) is 39.7 Å². The number of nitrogens with two attached hydrogens (primary N) is 1. The van der Waals surface area contributed by atoms with Crippen molar-refractivity contribution in [3.8, 4) is 0 Å². The van der Waals surface area contributed by atoms with Crippen LogP contribution in [-0.2, 0) is 4.74 Å². The molecule has 0 amide bonds. The minimum atomic E-state index is 0.351. The van der Waals surface area contributed by atoms with Crippen LogP contribution in [0, 0.1) is 11.8 Å². The summed E-state index contributed by atoms with van der Waals surface area (Å²) in [6.07, 6.45) is 2.29. The monoisotopic (exact) mass is 173 g/mol. The summed E-state index contributed by atoms with van der Waals surface area (Å²) in [5, 5.41) is 0. The Morgan fingerprint density at radius 3 is 2.17 bits per heavy atom. The lowest BCUT2D eigenvalue weighted by Gasteiger charge is -2.17. The first-order valence-corrected chi connectivity index (χ1v) is 4.82. The second-order valence-corrected chi connectivity index (χ2v) is 4.05. The van der Waals surface area contributed by atoms with Crippen LogP contribution in [0.15, 0.2) is 0 Å². The van der Waals surface area contributed by atoms with Gasteiger partial charge in [0.15, 0.2) is 0 Å². The Labute approximate surface area is 76.5 Å². The molecule has 0 fully saturated rings. The van der Waals surface area contributed by atoms with Crippen LogP contribution < -0.4 is 5.73 Å². The van der Waals surface area contributed by atoms with E-state index in [2.05, 4.69) is 20.8 Å². The predicted molar refractivity (Wildman–Crippen MR) is 53.1 cm³/mol. The summed E-state index contributed by atoms with van der Waals surface area (Å²) >= 11 is 0. The van der Waals surface area contributed by atoms with Gasteiger partial charge in [0.1, 0.15) is 0 Å². The van der Waals surface area contributed by atoms with Gasteiger partial charge in [0.25, 0.3) is 0 Å². The molecule has 0 rings (SSSR count). The molecule has 2 unspecified atom stereocenters. The van der Waals surface area contributed by atoms with Crippen LogP contribution in [0.4, 0.5) is 0 Å². The largest absolute Gasteiger partial charge is 0.384 e. The predicted octanol–water partition coefficient (Wildman–Crippen LogP) is 2.03. The third-order valence-corrected chi connectivity index (χ3v) is 2.30. The van der Waals surface area contributed by atoms with Crippen molar-refractivity contribution in [3.63, 3.8) is 0 Å². The molecule has 0 saturated heterocycles. The number of methoxy groups -OCH3 is 1. The van der Waals surface area contributed by atoms with E-state index in [0.29, 0.717) is 17.9 Å². The molecule has 0 aliphatic rings. The Hall–Kier alpha value is -0.0800. The van der Waals surface area contributed by atoms with Gasteiger partial charge in [-0.25, -0.2) is 0 Å². The Morgan fingerprint density at radius 2 is 1.75 bits per heavy atom. The summed E-state index contributed by atoms with van der Waals surface area (Å²) in [4.78, 5) is 0. The van der Waals surface area contributed by atoms with Gasteiger partial charge in [0.05, 0.1) is 0 Å². The molecule has 2 heteroatoms. The van der Waals surface area contributed by atoms with Gasteiger partial charge in [-0.05, 0) is 24.7 Å². The van der Waals surface area contributed by atoms with Crippen LogP contribution in [0.25, 0.3) is 0 Å². The third kappa shape index (κ3) is 5.56. The molecule has 0 spiro atoms. The molecule has 0 bridgehead atoms. The first kappa shape index (κ1) is 11.9. The lowest BCUT2D eigenvalue weighted by molar-refractivity contribution is 0.152. The molecule has 74 valence electrons. The fraction of sp³-hybridized carbons (Fsp3) is 1.00. The molecular weight excluding hydrogens is 150 g/mol. The molecule has 0 aromatic rings. The summed E-state index contributed by atoms with van der Waals surface area (Å²) in [7, 11) is 1.75. The van der Waals surface area contributed by atoms with Crippen LogP contribution in [0.5, 0.6) is 0 Å². The fourth-order valence-corrected chi connectivity index (χ4v) is 1.18. The van der Waals surface area contributed by atoms with Crippen molar-refractivity contribution in [2.75, 3.05) is 13.7 Å². The van der Waals surface area contributed by atoms with Crippen LogP contribution in [0.3, 0.4) is 0 Å². The van der Waals surface area contributed by atoms with E-state index >= 15 is 0 Å². The van der Waals surface area contributed by atoms with Gasteiger partial charge in [-0.15, -0.1) is 0 Å². The first-order chi connectivity index (χ1) is 5.57. The van der Waals surface area contributed by atoms with E-state index in [-0.39, 0.29) is 0 Å². The number of hydrogen-bond acceptors (Lipinski definition) is 2. The topological polar surface area (TPSA) is 35.2 Å². The van der Waals surface area contributed by atoms with Gasteiger partial charge in [0.2, 0.25) is 0 Å². The summed E-state index contributed by atoms with van der Waals surface area (Å²) in [6.45, 7) is 7.40. The lowest BCUT2D eigenvalue weighted by Crippen LogP contribution is -2.27. The Balaban J connectivity index is 3.40. The molecule has 2 N–H and O–H groups in total. The van der Waals surface area contributed by atoms with Crippen molar-refractivity contribution < 1.29 is 4.74 Å². The maximum absolute atomic E-state index is 5.92. The maximum atomic E-state index is 5.92. The third-order valence-electron chi connectivity index (χ3n) is 2.30. The van der Waals surface area contributed by atoms with Gasteiger partial charge >= 0.3 is 0 Å². The number of rotatable bonds is 6. The van der Waals surface area contributed by atoms with Gasteiger partial charge in [-0.1, -0.05) is 20.8 Å². The molecule has 0 aliphatic carbocycles. The van der Waals surface area contributed by atoms with Gasteiger partial charge in [0, 0.05) is 19.8 Å². The minimum absolute atomic E-state index is 0.351. The molecular formula is C10H23NO. The van der Waals surface area contributed by atoms with E-state index < -0.39 is 0 Å². The summed E-state index contributed by atoms with van der Waals surface area (Å²) in [5.41, 5.74) is 5.92. The molecule has 0 saturated carbocycles. The molecule has 0 heterocycles. The van der Waals surface area contributed by atoms with Gasteiger partial charge in [-0.2, -0.15) is 0 Å². The van der Waals surface area contributed by atoms with Gasteiger partial charge < -0.3 is 10.5 Å². The standard InChI is InChI=1S/C10H23NO/c1-8(2)10(11)6-5-9(3)7-12-4/h8-10H,5-7,11H2,1-4H3. The smallest absolute Gasteiger partial charge is 0.0487 e. The van der Waals surface area contributed by atoms with E-state index in [9.17, 15) is 0 Å². The molecule has 0 radical (unpaired) electrons. The van der Waals surface area contributed by atoms with Crippen LogP contribution >= 0.6 is 0 Å². The first-order valence-electron chi connectivity index (χ1n) is 4.82. The maximum Gasteiger partial charge on any atom is 0.0487 e. The summed E-state index contributed by atoms with van der Waals surface area (Å²) in [5.74, 6) is 1.24. The molecule has 2 atom stereocenters. The van der Waals surface area contributed by atoms with E-state index in [1.165, 1.54) is 6.42 Å². The van der Waals surface area contributed by atoms with Crippen molar-refractivity contribution in [1.82, 2.24) is 0 Å². The van der Waals surface area contributed by atoms with Crippen molar-refractivity contribution in [3.05, 3.63) is 0 Å². The van der Waals surface area contributed by atoms with Crippen molar-refractivity contribution >= 4 is 0 Å². The Morgan fingerprint density at radius 1 is 1.17 bits per heavy atom. The number of hydrogen-bond donors (Lipinski definition) is 1. The molecule has 0 aromatic heterocycles. The normalized spacial score (nSPS) is 16.5. The number of ether oxygens (including phenoxy) is 1. The highest BCUT2D eigenvalue weighted by Gasteiger charge is 2.09. The average Bonchev–Trinajstić information content (AvgIpc) is 2.00. The highest BCUT2D eigenvalue weighted by Crippen LogP contribution is 2.11. The molecule has 12 heavy (non-hydrogen) atoms.